The summed E-state index contributed by atoms with van der Waals surface area (Å²) >= 11 is 0. The maximum atomic E-state index is 13.8. The van der Waals surface area contributed by atoms with Crippen LogP contribution < -0.4 is 4.74 Å². The van der Waals surface area contributed by atoms with Crippen molar-refractivity contribution in [3.8, 4) is 17.0 Å². The summed E-state index contributed by atoms with van der Waals surface area (Å²) in [5, 5.41) is 4.90. The van der Waals surface area contributed by atoms with E-state index in [-0.39, 0.29) is 5.52 Å². The van der Waals surface area contributed by atoms with Gasteiger partial charge in [-0.1, -0.05) is 78.4 Å². The second kappa shape index (κ2) is 9.53. The highest BCUT2D eigenvalue weighted by Gasteiger charge is 2.34. The summed E-state index contributed by atoms with van der Waals surface area (Å²) in [6.07, 6.45) is -4.50. The van der Waals surface area contributed by atoms with E-state index in [0.29, 0.717) is 30.0 Å². The first-order chi connectivity index (χ1) is 17.3. The fourth-order valence-corrected chi connectivity index (χ4v) is 4.41. The van der Waals surface area contributed by atoms with E-state index in [1.807, 2.05) is 68.4 Å². The second-order valence-electron chi connectivity index (χ2n) is 8.94. The van der Waals surface area contributed by atoms with Gasteiger partial charge in [0.1, 0.15) is 17.9 Å². The monoisotopic (exact) mass is 486 g/mol. The molecule has 6 heteroatoms. The van der Waals surface area contributed by atoms with E-state index in [9.17, 15) is 13.2 Å². The molecule has 0 saturated carbocycles. The molecule has 0 fully saturated rings. The summed E-state index contributed by atoms with van der Waals surface area (Å²) < 4.78 is 49.2. The zero-order valence-corrected chi connectivity index (χ0v) is 20.0. The van der Waals surface area contributed by atoms with Gasteiger partial charge in [-0.05, 0) is 48.7 Å². The first-order valence-corrected chi connectivity index (χ1v) is 11.7. The molecular formula is C30H25F3N2O. The molecule has 0 atom stereocenters. The number of rotatable bonds is 6. The van der Waals surface area contributed by atoms with Gasteiger partial charge in [0, 0.05) is 10.9 Å². The van der Waals surface area contributed by atoms with E-state index in [1.54, 1.807) is 10.7 Å². The number of benzene rings is 4. The minimum atomic E-state index is -4.50. The average molecular weight is 487 g/mol. The number of hydrogen-bond donors (Lipinski definition) is 0. The predicted octanol–water partition coefficient (Wildman–Crippen LogP) is 7.97. The molecule has 5 rings (SSSR count). The van der Waals surface area contributed by atoms with Crippen molar-refractivity contribution in [1.82, 2.24) is 9.78 Å². The summed E-state index contributed by atoms with van der Waals surface area (Å²) in [5.74, 6) is 0.640. The van der Waals surface area contributed by atoms with E-state index in [4.69, 9.17) is 4.74 Å². The normalized spacial score (nSPS) is 11.7. The Balaban J connectivity index is 1.58. The molecule has 0 unspecified atom stereocenters. The largest absolute Gasteiger partial charge is 0.489 e. The summed E-state index contributed by atoms with van der Waals surface area (Å²) in [7, 11) is 0. The fraction of sp³-hybridized carbons (Fsp3) is 0.167. The Bertz CT molecular complexity index is 1520. The molecule has 1 aromatic heterocycles. The van der Waals surface area contributed by atoms with Crippen molar-refractivity contribution in [3.63, 3.8) is 0 Å². The van der Waals surface area contributed by atoms with Gasteiger partial charge in [0.05, 0.1) is 17.8 Å². The van der Waals surface area contributed by atoms with E-state index >= 15 is 0 Å². The van der Waals surface area contributed by atoms with Gasteiger partial charge >= 0.3 is 6.18 Å². The third-order valence-electron chi connectivity index (χ3n) is 6.26. The van der Waals surface area contributed by atoms with Crippen LogP contribution in [0.15, 0.2) is 91.0 Å². The van der Waals surface area contributed by atoms with Crippen molar-refractivity contribution >= 4 is 10.9 Å². The smallest absolute Gasteiger partial charge is 0.418 e. The van der Waals surface area contributed by atoms with Crippen molar-refractivity contribution in [3.05, 3.63) is 119 Å². The van der Waals surface area contributed by atoms with E-state index in [0.717, 1.165) is 33.9 Å². The number of halogens is 3. The zero-order chi connectivity index (χ0) is 25.3. The van der Waals surface area contributed by atoms with Crippen LogP contribution in [0.3, 0.4) is 0 Å². The van der Waals surface area contributed by atoms with Gasteiger partial charge in [-0.3, -0.25) is 4.68 Å². The molecular weight excluding hydrogens is 461 g/mol. The average Bonchev–Trinajstić information content (AvgIpc) is 3.22. The molecule has 3 nitrogen and oxygen atoms in total. The van der Waals surface area contributed by atoms with Crippen LogP contribution in [0.2, 0.25) is 0 Å². The quantitative estimate of drug-likeness (QED) is 0.243. The molecule has 0 aliphatic carbocycles. The molecule has 0 aliphatic rings. The van der Waals surface area contributed by atoms with Crippen molar-refractivity contribution < 1.29 is 17.9 Å². The van der Waals surface area contributed by atoms with Gasteiger partial charge in [0.25, 0.3) is 0 Å². The highest BCUT2D eigenvalue weighted by molar-refractivity contribution is 5.95. The van der Waals surface area contributed by atoms with Gasteiger partial charge in [0.15, 0.2) is 0 Å². The third kappa shape index (κ3) is 4.85. The fourth-order valence-electron chi connectivity index (χ4n) is 4.41. The predicted molar refractivity (Wildman–Crippen MR) is 136 cm³/mol. The highest BCUT2D eigenvalue weighted by atomic mass is 19.4. The number of nitrogens with zero attached hydrogens (tertiary/aromatic N) is 2. The number of aryl methyl sites for hydroxylation is 2. The van der Waals surface area contributed by atoms with E-state index in [2.05, 4.69) is 23.3 Å². The van der Waals surface area contributed by atoms with E-state index < -0.39 is 11.7 Å². The maximum absolute atomic E-state index is 13.8. The van der Waals surface area contributed by atoms with E-state index in [1.165, 1.54) is 6.07 Å². The van der Waals surface area contributed by atoms with Crippen LogP contribution in [0, 0.1) is 13.8 Å². The standard InChI is InChI=1S/C30H25F3N2O/c1-20-14-15-21(2)24(16-20)19-36-25-11-6-10-23(17-25)29-26-12-7-13-27(30(31,32)33)28(26)34-35(29)18-22-8-4-3-5-9-22/h3-17H,18-19H2,1-2H3. The number of ether oxygens (including phenoxy) is 1. The topological polar surface area (TPSA) is 27.1 Å². The van der Waals surface area contributed by atoms with Crippen LogP contribution in [0.4, 0.5) is 13.2 Å². The van der Waals surface area contributed by atoms with Gasteiger partial charge in [-0.15, -0.1) is 0 Å². The second-order valence-corrected chi connectivity index (χ2v) is 8.94. The number of alkyl halides is 3. The molecule has 182 valence electrons. The SMILES string of the molecule is Cc1ccc(C)c(COc2cccc(-c3c4cccc(C(F)(F)F)c4nn3Cc3ccccc3)c2)c1. The summed E-state index contributed by atoms with van der Waals surface area (Å²) in [6.45, 7) is 4.83. The zero-order valence-electron chi connectivity index (χ0n) is 20.0. The van der Waals surface area contributed by atoms with Crippen LogP contribution in [-0.4, -0.2) is 9.78 Å². The molecule has 0 saturated heterocycles. The van der Waals surface area contributed by atoms with Crippen LogP contribution in [-0.2, 0) is 19.3 Å². The van der Waals surface area contributed by atoms with Crippen molar-refractivity contribution in [1.29, 1.82) is 0 Å². The Morgan fingerprint density at radius 2 is 1.61 bits per heavy atom. The van der Waals surface area contributed by atoms with Gasteiger partial charge in [0.2, 0.25) is 0 Å². The third-order valence-corrected chi connectivity index (χ3v) is 6.26. The van der Waals surface area contributed by atoms with Gasteiger partial charge in [-0.2, -0.15) is 18.3 Å². The Labute approximate surface area is 207 Å². The first-order valence-electron chi connectivity index (χ1n) is 11.7. The van der Waals surface area contributed by atoms with Crippen molar-refractivity contribution in [2.45, 2.75) is 33.2 Å². The Hall–Kier alpha value is -4.06. The molecule has 36 heavy (non-hydrogen) atoms. The summed E-state index contributed by atoms with van der Waals surface area (Å²) in [5.41, 5.74) is 4.90. The van der Waals surface area contributed by atoms with Crippen molar-refractivity contribution in [2.24, 2.45) is 0 Å². The Kier molecular flexibility index (Phi) is 6.27. The lowest BCUT2D eigenvalue weighted by atomic mass is 10.0. The number of aromatic nitrogens is 2. The van der Waals surface area contributed by atoms with Crippen LogP contribution in [0.25, 0.3) is 22.2 Å². The maximum Gasteiger partial charge on any atom is 0.418 e. The Morgan fingerprint density at radius 1 is 0.833 bits per heavy atom. The minimum absolute atomic E-state index is 0.0577. The highest BCUT2D eigenvalue weighted by Crippen LogP contribution is 2.38. The molecule has 0 spiro atoms. The van der Waals surface area contributed by atoms with Crippen LogP contribution in [0.1, 0.15) is 27.8 Å². The molecule has 0 bridgehead atoms. The molecule has 0 N–H and O–H groups in total. The lowest BCUT2D eigenvalue weighted by Gasteiger charge is -2.12. The lowest BCUT2D eigenvalue weighted by molar-refractivity contribution is -0.136. The number of fused-ring (bicyclic) bond motifs is 1. The van der Waals surface area contributed by atoms with Gasteiger partial charge in [-0.25, -0.2) is 0 Å². The molecule has 0 radical (unpaired) electrons. The van der Waals surface area contributed by atoms with Gasteiger partial charge < -0.3 is 4.74 Å². The molecule has 0 aliphatic heterocycles. The van der Waals surface area contributed by atoms with Crippen LogP contribution >= 0.6 is 0 Å². The van der Waals surface area contributed by atoms with Crippen molar-refractivity contribution in [2.75, 3.05) is 0 Å². The minimum Gasteiger partial charge on any atom is -0.489 e. The molecule has 1 heterocycles. The van der Waals surface area contributed by atoms with Crippen LogP contribution in [0.5, 0.6) is 5.75 Å². The lowest BCUT2D eigenvalue weighted by Crippen LogP contribution is -2.06. The molecule has 4 aromatic carbocycles. The summed E-state index contributed by atoms with van der Waals surface area (Å²) in [6, 6.07) is 27.5. The molecule has 0 amide bonds. The Morgan fingerprint density at radius 3 is 2.39 bits per heavy atom. The number of hydrogen-bond acceptors (Lipinski definition) is 2. The summed E-state index contributed by atoms with van der Waals surface area (Å²) in [4.78, 5) is 0. The first kappa shape index (κ1) is 23.7. The molecule has 5 aromatic rings.